The smallest absolute Gasteiger partial charge is 0.406 e. The van der Waals surface area contributed by atoms with Crippen molar-refractivity contribution in [3.05, 3.63) is 77.3 Å². The molecule has 6 nitrogen and oxygen atoms in total. The molecule has 0 fully saturated rings. The van der Waals surface area contributed by atoms with Crippen molar-refractivity contribution < 1.29 is 22.7 Å². The van der Waals surface area contributed by atoms with Crippen LogP contribution in [0.5, 0.6) is 5.75 Å². The Balaban J connectivity index is 1.84. The van der Waals surface area contributed by atoms with E-state index in [9.17, 15) is 18.0 Å². The van der Waals surface area contributed by atoms with E-state index >= 15 is 0 Å². The topological polar surface area (TPSA) is 59.4 Å². The second-order valence-electron chi connectivity index (χ2n) is 7.15. The first-order valence-electron chi connectivity index (χ1n) is 9.64. The number of nitrogens with one attached hydrogen (secondary N) is 1. The summed E-state index contributed by atoms with van der Waals surface area (Å²) in [7, 11) is 3.15. The molecule has 1 aromatic heterocycles. The number of benzene rings is 2. The number of halogens is 4. The van der Waals surface area contributed by atoms with Gasteiger partial charge >= 0.3 is 6.18 Å². The minimum Gasteiger partial charge on any atom is -0.495 e. The van der Waals surface area contributed by atoms with Gasteiger partial charge in [0, 0.05) is 18.1 Å². The van der Waals surface area contributed by atoms with E-state index in [1.807, 2.05) is 6.07 Å². The van der Waals surface area contributed by atoms with Crippen LogP contribution in [0.2, 0.25) is 5.02 Å². The van der Waals surface area contributed by atoms with Crippen molar-refractivity contribution in [2.45, 2.75) is 25.3 Å². The van der Waals surface area contributed by atoms with Crippen molar-refractivity contribution in [1.82, 2.24) is 14.5 Å². The lowest BCUT2D eigenvalue weighted by Gasteiger charge is -2.27. The number of anilines is 1. The number of nitrogens with zero attached hydrogens (tertiary/aromatic N) is 3. The van der Waals surface area contributed by atoms with Crippen LogP contribution in [0.1, 0.15) is 17.4 Å². The van der Waals surface area contributed by atoms with Gasteiger partial charge in [-0.2, -0.15) is 13.2 Å². The van der Waals surface area contributed by atoms with Crippen molar-refractivity contribution in [1.29, 1.82) is 0 Å². The highest BCUT2D eigenvalue weighted by Crippen LogP contribution is 2.29. The lowest BCUT2D eigenvalue weighted by molar-refractivity contribution is -0.141. The van der Waals surface area contributed by atoms with Crippen molar-refractivity contribution in [2.24, 2.45) is 0 Å². The van der Waals surface area contributed by atoms with E-state index in [-0.39, 0.29) is 18.3 Å². The number of amides is 1. The van der Waals surface area contributed by atoms with Crippen LogP contribution in [0.4, 0.5) is 18.9 Å². The average Bonchev–Trinajstić information content (AvgIpc) is 3.13. The van der Waals surface area contributed by atoms with Gasteiger partial charge in [0.05, 0.1) is 18.7 Å². The van der Waals surface area contributed by atoms with E-state index in [1.54, 1.807) is 54.4 Å². The fraction of sp³-hybridized carbons (Fsp3) is 0.273. The zero-order valence-electron chi connectivity index (χ0n) is 17.4. The monoisotopic (exact) mass is 466 g/mol. The van der Waals surface area contributed by atoms with Gasteiger partial charge in [0.25, 0.3) is 0 Å². The zero-order valence-corrected chi connectivity index (χ0v) is 18.2. The molecule has 32 heavy (non-hydrogen) atoms. The van der Waals surface area contributed by atoms with Gasteiger partial charge in [0.2, 0.25) is 5.91 Å². The predicted molar refractivity (Wildman–Crippen MR) is 116 cm³/mol. The fourth-order valence-corrected chi connectivity index (χ4v) is 3.60. The molecule has 3 rings (SSSR count). The highest BCUT2D eigenvalue weighted by atomic mass is 35.5. The van der Waals surface area contributed by atoms with Gasteiger partial charge in [-0.05, 0) is 30.8 Å². The maximum Gasteiger partial charge on any atom is 0.406 e. The summed E-state index contributed by atoms with van der Waals surface area (Å²) >= 11 is 6.15. The number of carbonyl (C=O) groups is 1. The number of hydrogen-bond acceptors (Lipinski definition) is 4. The summed E-state index contributed by atoms with van der Waals surface area (Å²) in [5.41, 5.74) is 1.15. The third kappa shape index (κ3) is 6.02. The molecule has 0 spiro atoms. The highest BCUT2D eigenvalue weighted by molar-refractivity contribution is 6.32. The molecule has 0 saturated heterocycles. The molecule has 0 saturated carbocycles. The molecule has 170 valence electrons. The second kappa shape index (κ2) is 10.1. The first-order chi connectivity index (χ1) is 15.2. The van der Waals surface area contributed by atoms with E-state index in [0.717, 1.165) is 4.57 Å². The van der Waals surface area contributed by atoms with Gasteiger partial charge < -0.3 is 14.6 Å². The lowest BCUT2D eigenvalue weighted by Crippen LogP contribution is -2.35. The fourth-order valence-electron chi connectivity index (χ4n) is 3.34. The van der Waals surface area contributed by atoms with Crippen LogP contribution >= 0.6 is 11.6 Å². The molecule has 3 aromatic rings. The number of ether oxygens (including phenoxy) is 1. The summed E-state index contributed by atoms with van der Waals surface area (Å²) in [5.74, 6) is 0.304. The Morgan fingerprint density at radius 1 is 1.25 bits per heavy atom. The molecule has 2 aromatic carbocycles. The summed E-state index contributed by atoms with van der Waals surface area (Å²) < 4.78 is 44.8. The molecule has 0 bridgehead atoms. The van der Waals surface area contributed by atoms with Crippen LogP contribution in [0, 0.1) is 0 Å². The number of rotatable bonds is 8. The van der Waals surface area contributed by atoms with Crippen LogP contribution in [-0.4, -0.2) is 40.7 Å². The Hall–Kier alpha value is -3.04. The summed E-state index contributed by atoms with van der Waals surface area (Å²) in [4.78, 5) is 18.9. The zero-order chi connectivity index (χ0) is 23.3. The molecule has 0 radical (unpaired) electrons. The third-order valence-corrected chi connectivity index (χ3v) is 5.06. The summed E-state index contributed by atoms with van der Waals surface area (Å²) in [6.07, 6.45) is -1.79. The van der Waals surface area contributed by atoms with Crippen LogP contribution < -0.4 is 10.1 Å². The molecule has 0 aliphatic rings. The Morgan fingerprint density at radius 3 is 2.59 bits per heavy atom. The van der Waals surface area contributed by atoms with Gasteiger partial charge in [-0.3, -0.25) is 9.69 Å². The molecule has 1 unspecified atom stereocenters. The van der Waals surface area contributed by atoms with Crippen molar-refractivity contribution in [3.63, 3.8) is 0 Å². The van der Waals surface area contributed by atoms with Crippen LogP contribution in [0.25, 0.3) is 0 Å². The van der Waals surface area contributed by atoms with Gasteiger partial charge in [-0.15, -0.1) is 0 Å². The van der Waals surface area contributed by atoms with E-state index in [1.165, 1.54) is 19.5 Å². The molecular formula is C22H22ClF3N4O2. The number of aromatic nitrogens is 2. The third-order valence-electron chi connectivity index (χ3n) is 4.77. The van der Waals surface area contributed by atoms with Gasteiger partial charge in [0.15, 0.2) is 0 Å². The predicted octanol–water partition coefficient (Wildman–Crippen LogP) is 4.92. The quantitative estimate of drug-likeness (QED) is 0.512. The Morgan fingerprint density at radius 2 is 1.97 bits per heavy atom. The summed E-state index contributed by atoms with van der Waals surface area (Å²) in [5, 5.41) is 3.16. The second-order valence-corrected chi connectivity index (χ2v) is 7.56. The van der Waals surface area contributed by atoms with Crippen LogP contribution in [0.15, 0.2) is 60.9 Å². The maximum atomic E-state index is 13.2. The van der Waals surface area contributed by atoms with Gasteiger partial charge in [-0.1, -0.05) is 41.9 Å². The van der Waals surface area contributed by atoms with Crippen molar-refractivity contribution in [3.8, 4) is 5.75 Å². The number of likely N-dealkylation sites (N-methyl/N-ethyl adjacent to an activating group) is 1. The highest BCUT2D eigenvalue weighted by Gasteiger charge is 2.30. The Kier molecular flexibility index (Phi) is 7.42. The molecule has 1 N–H and O–H groups in total. The average molecular weight is 467 g/mol. The van der Waals surface area contributed by atoms with E-state index < -0.39 is 18.8 Å². The largest absolute Gasteiger partial charge is 0.495 e. The molecular weight excluding hydrogens is 445 g/mol. The molecule has 1 heterocycles. The number of imidazole rings is 1. The van der Waals surface area contributed by atoms with Crippen molar-refractivity contribution >= 4 is 23.2 Å². The van der Waals surface area contributed by atoms with Gasteiger partial charge in [-0.25, -0.2) is 4.98 Å². The Bertz CT molecular complexity index is 1060. The number of alkyl halides is 3. The lowest BCUT2D eigenvalue weighted by atomic mass is 10.0. The molecule has 10 heteroatoms. The van der Waals surface area contributed by atoms with E-state index in [2.05, 4.69) is 10.3 Å². The van der Waals surface area contributed by atoms with Crippen LogP contribution in [-0.2, 0) is 17.9 Å². The number of methoxy groups -OCH3 is 1. The van der Waals surface area contributed by atoms with E-state index in [0.29, 0.717) is 22.0 Å². The van der Waals surface area contributed by atoms with Crippen molar-refractivity contribution in [2.75, 3.05) is 19.5 Å². The van der Waals surface area contributed by atoms with E-state index in [4.69, 9.17) is 16.3 Å². The normalized spacial score (nSPS) is 12.6. The maximum absolute atomic E-state index is 13.2. The molecule has 0 aliphatic carbocycles. The first-order valence-corrected chi connectivity index (χ1v) is 10.0. The summed E-state index contributed by atoms with van der Waals surface area (Å²) in [6.45, 7) is -1.12. The Labute approximate surface area is 188 Å². The summed E-state index contributed by atoms with van der Waals surface area (Å²) in [6, 6.07) is 13.0. The standard InChI is InChI=1S/C22H22ClF3N4O2/c1-29(13-19-27-10-11-30(19)14-22(24,25)26)20(15-6-4-3-5-7-15)21(31)28-16-8-9-18(32-2)17(23)12-16/h3-12,20H,13-14H2,1-2H3,(H,28,31). The minimum absolute atomic E-state index is 0.0272. The number of carbonyl (C=O) groups excluding carboxylic acids is 1. The molecule has 0 aliphatic heterocycles. The number of hydrogen-bond donors (Lipinski definition) is 1. The molecule has 1 amide bonds. The SMILES string of the molecule is COc1ccc(NC(=O)C(c2ccccc2)N(C)Cc2nccn2CC(F)(F)F)cc1Cl. The minimum atomic E-state index is -4.38. The first kappa shape index (κ1) is 23.6. The molecule has 1 atom stereocenters. The van der Waals surface area contributed by atoms with Crippen LogP contribution in [0.3, 0.4) is 0 Å². The van der Waals surface area contributed by atoms with Gasteiger partial charge in [0.1, 0.15) is 24.2 Å².